The van der Waals surface area contributed by atoms with Gasteiger partial charge in [-0.1, -0.05) is 78.3 Å². The lowest BCUT2D eigenvalue weighted by molar-refractivity contribution is 0.615. The van der Waals surface area contributed by atoms with Crippen LogP contribution in [-0.2, 0) is 0 Å². The SMILES string of the molecule is OBc1ccc2c(c1)c1cnccc1n2-c1nc(-c2ccccc2)nc(-c2ccccc2)n1. The quantitative estimate of drug-likeness (QED) is 0.435. The summed E-state index contributed by atoms with van der Waals surface area (Å²) in [4.78, 5) is 18.9. The summed E-state index contributed by atoms with van der Waals surface area (Å²) >= 11 is 0. The fourth-order valence-corrected chi connectivity index (χ4v) is 4.12. The molecule has 33 heavy (non-hydrogen) atoms. The maximum Gasteiger partial charge on any atom is 0.304 e. The smallest absolute Gasteiger partial charge is 0.304 e. The van der Waals surface area contributed by atoms with Gasteiger partial charge in [0.05, 0.1) is 11.0 Å². The molecule has 0 aliphatic rings. The lowest BCUT2D eigenvalue weighted by Gasteiger charge is -2.10. The van der Waals surface area contributed by atoms with Crippen LogP contribution in [0.25, 0.3) is 50.5 Å². The minimum Gasteiger partial charge on any atom is -0.449 e. The zero-order valence-electron chi connectivity index (χ0n) is 17.6. The van der Waals surface area contributed by atoms with Crippen molar-refractivity contribution in [2.75, 3.05) is 0 Å². The zero-order valence-corrected chi connectivity index (χ0v) is 17.6. The van der Waals surface area contributed by atoms with E-state index in [0.29, 0.717) is 17.6 Å². The molecule has 0 aliphatic carbocycles. The first kappa shape index (κ1) is 19.3. The Labute approximate surface area is 190 Å². The molecular formula is C26H18BN5O. The number of hydrogen-bond acceptors (Lipinski definition) is 5. The van der Waals surface area contributed by atoms with Gasteiger partial charge in [0.25, 0.3) is 0 Å². The van der Waals surface area contributed by atoms with E-state index in [2.05, 4.69) is 4.98 Å². The Kier molecular flexibility index (Phi) is 4.67. The number of nitrogens with zero attached hydrogens (tertiary/aromatic N) is 5. The Morgan fingerprint density at radius 1 is 0.667 bits per heavy atom. The van der Waals surface area contributed by atoms with E-state index in [1.54, 1.807) is 6.20 Å². The average Bonchev–Trinajstić information content (AvgIpc) is 3.23. The summed E-state index contributed by atoms with van der Waals surface area (Å²) in [6, 6.07) is 27.7. The van der Waals surface area contributed by atoms with Crippen LogP contribution < -0.4 is 5.46 Å². The number of fused-ring (bicyclic) bond motifs is 3. The molecule has 3 heterocycles. The summed E-state index contributed by atoms with van der Waals surface area (Å²) in [7, 11) is -0.0229. The fraction of sp³-hybridized carbons (Fsp3) is 0. The van der Waals surface area contributed by atoms with Crippen LogP contribution in [0.2, 0.25) is 0 Å². The topological polar surface area (TPSA) is 76.7 Å². The van der Waals surface area contributed by atoms with Crippen LogP contribution in [0.4, 0.5) is 0 Å². The van der Waals surface area contributed by atoms with Gasteiger partial charge in [0, 0.05) is 34.3 Å². The highest BCUT2D eigenvalue weighted by Gasteiger charge is 2.18. The van der Waals surface area contributed by atoms with Gasteiger partial charge >= 0.3 is 7.48 Å². The van der Waals surface area contributed by atoms with Crippen LogP contribution in [0.5, 0.6) is 0 Å². The Bertz CT molecular complexity index is 1540. The van der Waals surface area contributed by atoms with Crippen molar-refractivity contribution in [1.29, 1.82) is 0 Å². The minimum absolute atomic E-state index is 0.0229. The minimum atomic E-state index is -0.0229. The molecule has 0 atom stereocenters. The number of benzene rings is 3. The van der Waals surface area contributed by atoms with Crippen LogP contribution in [0, 0.1) is 0 Å². The molecule has 3 aromatic heterocycles. The molecule has 6 rings (SSSR count). The molecule has 0 saturated carbocycles. The normalized spacial score (nSPS) is 11.2. The van der Waals surface area contributed by atoms with Gasteiger partial charge in [0.15, 0.2) is 11.6 Å². The van der Waals surface area contributed by atoms with Crippen molar-refractivity contribution in [3.05, 3.63) is 97.3 Å². The summed E-state index contributed by atoms with van der Waals surface area (Å²) in [5, 5.41) is 11.6. The molecule has 156 valence electrons. The van der Waals surface area contributed by atoms with Gasteiger partial charge in [-0.25, -0.2) is 4.98 Å². The van der Waals surface area contributed by atoms with E-state index in [-0.39, 0.29) is 7.48 Å². The molecule has 0 spiro atoms. The second-order valence-corrected chi connectivity index (χ2v) is 7.75. The highest BCUT2D eigenvalue weighted by molar-refractivity contribution is 6.46. The molecule has 6 nitrogen and oxygen atoms in total. The van der Waals surface area contributed by atoms with Gasteiger partial charge in [-0.15, -0.1) is 0 Å². The third-order valence-electron chi connectivity index (χ3n) is 5.70. The molecule has 0 bridgehead atoms. The first-order valence-electron chi connectivity index (χ1n) is 10.7. The van der Waals surface area contributed by atoms with Gasteiger partial charge in [-0.3, -0.25) is 9.55 Å². The standard InChI is InChI=1S/C26H18BN5O/c33-27-19-11-12-22-20(15-19)21-16-28-14-13-23(21)32(22)26-30-24(17-7-3-1-4-8-17)29-25(31-26)18-9-5-2-6-10-18/h1-16,27,33H. The molecule has 7 heteroatoms. The molecule has 1 N–H and O–H groups in total. The van der Waals surface area contributed by atoms with Crippen molar-refractivity contribution in [2.45, 2.75) is 0 Å². The second-order valence-electron chi connectivity index (χ2n) is 7.75. The van der Waals surface area contributed by atoms with E-state index in [9.17, 15) is 5.02 Å². The first-order valence-corrected chi connectivity index (χ1v) is 10.7. The molecule has 0 unspecified atom stereocenters. The maximum atomic E-state index is 9.66. The zero-order chi connectivity index (χ0) is 22.2. The molecule has 0 radical (unpaired) electrons. The number of aromatic nitrogens is 5. The lowest BCUT2D eigenvalue weighted by Crippen LogP contribution is -2.12. The van der Waals surface area contributed by atoms with Gasteiger partial charge in [0.1, 0.15) is 0 Å². The van der Waals surface area contributed by atoms with Crippen molar-refractivity contribution < 1.29 is 5.02 Å². The predicted octanol–water partition coefficient (Wildman–Crippen LogP) is 3.67. The van der Waals surface area contributed by atoms with Gasteiger partial charge in [-0.05, 0) is 12.1 Å². The highest BCUT2D eigenvalue weighted by Crippen LogP contribution is 2.31. The molecule has 0 amide bonds. The van der Waals surface area contributed by atoms with E-state index in [1.165, 1.54) is 0 Å². The van der Waals surface area contributed by atoms with Crippen LogP contribution in [0.1, 0.15) is 0 Å². The summed E-state index contributed by atoms with van der Waals surface area (Å²) in [6.45, 7) is 0. The van der Waals surface area contributed by atoms with Crippen molar-refractivity contribution in [2.24, 2.45) is 0 Å². The molecule has 0 fully saturated rings. The Morgan fingerprint density at radius 2 is 1.30 bits per heavy atom. The molecule has 0 aliphatic heterocycles. The summed E-state index contributed by atoms with van der Waals surface area (Å²) < 4.78 is 2.04. The van der Waals surface area contributed by atoms with Crippen LogP contribution in [0.3, 0.4) is 0 Å². The van der Waals surface area contributed by atoms with Crippen molar-refractivity contribution >= 4 is 34.8 Å². The van der Waals surface area contributed by atoms with Gasteiger partial charge in [-0.2, -0.15) is 9.97 Å². The molecule has 0 saturated heterocycles. The monoisotopic (exact) mass is 427 g/mol. The highest BCUT2D eigenvalue weighted by atomic mass is 16.2. The Morgan fingerprint density at radius 3 is 1.94 bits per heavy atom. The number of hydrogen-bond donors (Lipinski definition) is 1. The maximum absolute atomic E-state index is 9.66. The molecule has 6 aromatic rings. The van der Waals surface area contributed by atoms with E-state index in [1.807, 2.05) is 95.7 Å². The Balaban J connectivity index is 1.68. The van der Waals surface area contributed by atoms with Crippen LogP contribution in [-0.4, -0.2) is 37.0 Å². The van der Waals surface area contributed by atoms with Gasteiger partial charge < -0.3 is 5.02 Å². The van der Waals surface area contributed by atoms with Crippen LogP contribution in [0.15, 0.2) is 97.3 Å². The summed E-state index contributed by atoms with van der Waals surface area (Å²) in [6.07, 6.45) is 3.61. The first-order chi connectivity index (χ1) is 16.3. The predicted molar refractivity (Wildman–Crippen MR) is 132 cm³/mol. The number of rotatable bonds is 4. The molecule has 3 aromatic carbocycles. The largest absolute Gasteiger partial charge is 0.449 e. The summed E-state index contributed by atoms with van der Waals surface area (Å²) in [5.74, 6) is 1.75. The third-order valence-corrected chi connectivity index (χ3v) is 5.70. The fourth-order valence-electron chi connectivity index (χ4n) is 4.12. The lowest BCUT2D eigenvalue weighted by atomic mass is 9.88. The van der Waals surface area contributed by atoms with E-state index < -0.39 is 0 Å². The van der Waals surface area contributed by atoms with Crippen LogP contribution >= 0.6 is 0 Å². The van der Waals surface area contributed by atoms with E-state index in [4.69, 9.17) is 15.0 Å². The van der Waals surface area contributed by atoms with E-state index >= 15 is 0 Å². The third kappa shape index (κ3) is 3.35. The van der Waals surface area contributed by atoms with E-state index in [0.717, 1.165) is 38.4 Å². The van der Waals surface area contributed by atoms with Crippen molar-refractivity contribution in [3.63, 3.8) is 0 Å². The molecular weight excluding hydrogens is 409 g/mol. The second kappa shape index (κ2) is 7.96. The number of pyridine rings is 1. The van der Waals surface area contributed by atoms with Gasteiger partial charge in [0.2, 0.25) is 5.95 Å². The average molecular weight is 427 g/mol. The summed E-state index contributed by atoms with van der Waals surface area (Å²) in [5.41, 5.74) is 4.57. The van der Waals surface area contributed by atoms with Crippen molar-refractivity contribution in [3.8, 4) is 28.7 Å². The Hall–Kier alpha value is -4.36. The van der Waals surface area contributed by atoms with Crippen molar-refractivity contribution in [1.82, 2.24) is 24.5 Å².